The van der Waals surface area contributed by atoms with E-state index in [-0.39, 0.29) is 12.5 Å². The van der Waals surface area contributed by atoms with Gasteiger partial charge in [0.25, 0.3) is 0 Å². The third-order valence-corrected chi connectivity index (χ3v) is 2.22. The molecule has 100 valence electrons. The number of esters is 1. The van der Waals surface area contributed by atoms with Crippen molar-refractivity contribution >= 4 is 17.6 Å². The lowest BCUT2D eigenvalue weighted by Crippen LogP contribution is -2.18. The highest BCUT2D eigenvalue weighted by atomic mass is 16.5. The van der Waals surface area contributed by atoms with Gasteiger partial charge >= 0.3 is 5.97 Å². The predicted octanol–water partition coefficient (Wildman–Crippen LogP) is 1.45. The minimum atomic E-state index is -0.292. The van der Waals surface area contributed by atoms with Crippen molar-refractivity contribution in [1.82, 2.24) is 9.97 Å². The highest BCUT2D eigenvalue weighted by molar-refractivity contribution is 5.74. The molecule has 1 rings (SSSR count). The molecule has 2 N–H and O–H groups in total. The van der Waals surface area contributed by atoms with E-state index in [9.17, 15) is 4.79 Å². The van der Waals surface area contributed by atoms with Crippen molar-refractivity contribution in [2.75, 3.05) is 30.8 Å². The maximum absolute atomic E-state index is 11.2. The van der Waals surface area contributed by atoms with Crippen LogP contribution in [0.15, 0.2) is 6.07 Å². The van der Waals surface area contributed by atoms with Gasteiger partial charge in [0.2, 0.25) is 0 Å². The average Bonchev–Trinajstić information content (AvgIpc) is 2.37. The standard InChI is InChI=1S/C12H20N4O2/c1-4-6-9-15-10(13-3)7-11(16-9)14-8-12(17)18-5-2/h7H,4-6,8H2,1-3H3,(H2,13,14,15,16). The van der Waals surface area contributed by atoms with Crippen LogP contribution in [-0.2, 0) is 16.0 Å². The smallest absolute Gasteiger partial charge is 0.325 e. The highest BCUT2D eigenvalue weighted by Gasteiger charge is 2.05. The number of carbonyl (C=O) groups excluding carboxylic acids is 1. The molecule has 0 radical (unpaired) electrons. The highest BCUT2D eigenvalue weighted by Crippen LogP contribution is 2.11. The molecule has 0 aliphatic heterocycles. The summed E-state index contributed by atoms with van der Waals surface area (Å²) in [5.74, 6) is 1.83. The summed E-state index contributed by atoms with van der Waals surface area (Å²) in [6.07, 6.45) is 1.79. The van der Waals surface area contributed by atoms with E-state index in [0.29, 0.717) is 12.4 Å². The fraction of sp³-hybridized carbons (Fsp3) is 0.583. The molecule has 0 saturated heterocycles. The lowest BCUT2D eigenvalue weighted by Gasteiger charge is -2.09. The summed E-state index contributed by atoms with van der Waals surface area (Å²) in [4.78, 5) is 19.9. The SMILES string of the molecule is CCCc1nc(NC)cc(NCC(=O)OCC)n1. The Morgan fingerprint density at radius 1 is 1.33 bits per heavy atom. The number of carbonyl (C=O) groups is 1. The molecule has 1 aromatic heterocycles. The van der Waals surface area contributed by atoms with Crippen LogP contribution in [0.1, 0.15) is 26.1 Å². The van der Waals surface area contributed by atoms with Crippen molar-refractivity contribution in [3.63, 3.8) is 0 Å². The molecule has 0 bridgehead atoms. The minimum Gasteiger partial charge on any atom is -0.465 e. The van der Waals surface area contributed by atoms with E-state index in [1.165, 1.54) is 0 Å². The zero-order valence-electron chi connectivity index (χ0n) is 11.1. The number of hydrogen-bond donors (Lipinski definition) is 2. The van der Waals surface area contributed by atoms with E-state index in [1.54, 1.807) is 20.0 Å². The molecule has 6 nitrogen and oxygen atoms in total. The Labute approximate surface area is 107 Å². The fourth-order valence-corrected chi connectivity index (χ4v) is 1.43. The summed E-state index contributed by atoms with van der Waals surface area (Å²) in [7, 11) is 1.80. The molecule has 0 saturated carbocycles. The van der Waals surface area contributed by atoms with E-state index >= 15 is 0 Å². The quantitative estimate of drug-likeness (QED) is 0.715. The zero-order chi connectivity index (χ0) is 13.4. The predicted molar refractivity (Wildman–Crippen MR) is 70.7 cm³/mol. The summed E-state index contributed by atoms with van der Waals surface area (Å²) in [5.41, 5.74) is 0. The number of ether oxygens (including phenoxy) is 1. The topological polar surface area (TPSA) is 76.1 Å². The van der Waals surface area contributed by atoms with E-state index in [1.807, 2.05) is 0 Å². The van der Waals surface area contributed by atoms with Crippen molar-refractivity contribution in [3.8, 4) is 0 Å². The molecular formula is C12H20N4O2. The van der Waals surface area contributed by atoms with Gasteiger partial charge in [0.1, 0.15) is 24.0 Å². The summed E-state index contributed by atoms with van der Waals surface area (Å²) in [6.45, 7) is 4.34. The molecular weight excluding hydrogens is 232 g/mol. The van der Waals surface area contributed by atoms with Gasteiger partial charge in [-0.15, -0.1) is 0 Å². The third-order valence-electron chi connectivity index (χ3n) is 2.22. The molecule has 0 atom stereocenters. The van der Waals surface area contributed by atoms with Gasteiger partial charge in [-0.2, -0.15) is 0 Å². The largest absolute Gasteiger partial charge is 0.465 e. The second-order valence-electron chi connectivity index (χ2n) is 3.71. The van der Waals surface area contributed by atoms with Crippen LogP contribution in [-0.4, -0.2) is 36.1 Å². The Hall–Kier alpha value is -1.85. The van der Waals surface area contributed by atoms with Crippen LogP contribution in [0.2, 0.25) is 0 Å². The van der Waals surface area contributed by atoms with Crippen LogP contribution in [0.25, 0.3) is 0 Å². The number of rotatable bonds is 7. The zero-order valence-corrected chi connectivity index (χ0v) is 11.1. The van der Waals surface area contributed by atoms with E-state index in [0.717, 1.165) is 24.5 Å². The Balaban J connectivity index is 2.68. The monoisotopic (exact) mass is 252 g/mol. The van der Waals surface area contributed by atoms with Gasteiger partial charge in [0, 0.05) is 19.5 Å². The Morgan fingerprint density at radius 3 is 2.67 bits per heavy atom. The third kappa shape index (κ3) is 4.57. The summed E-state index contributed by atoms with van der Waals surface area (Å²) < 4.78 is 4.84. The van der Waals surface area contributed by atoms with Gasteiger partial charge in [0.15, 0.2) is 0 Å². The second kappa shape index (κ2) is 7.47. The molecule has 0 fully saturated rings. The molecule has 0 amide bonds. The van der Waals surface area contributed by atoms with Crippen LogP contribution in [0.4, 0.5) is 11.6 Å². The Morgan fingerprint density at radius 2 is 2.06 bits per heavy atom. The van der Waals surface area contributed by atoms with Crippen molar-refractivity contribution in [2.45, 2.75) is 26.7 Å². The second-order valence-corrected chi connectivity index (χ2v) is 3.71. The van der Waals surface area contributed by atoms with Gasteiger partial charge < -0.3 is 15.4 Å². The van der Waals surface area contributed by atoms with Crippen LogP contribution in [0.5, 0.6) is 0 Å². The lowest BCUT2D eigenvalue weighted by molar-refractivity contribution is -0.140. The first kappa shape index (κ1) is 14.2. The maximum Gasteiger partial charge on any atom is 0.325 e. The average molecular weight is 252 g/mol. The number of aromatic nitrogens is 2. The molecule has 0 spiro atoms. The number of anilines is 2. The summed E-state index contributed by atoms with van der Waals surface area (Å²) in [6, 6.07) is 1.76. The van der Waals surface area contributed by atoms with Gasteiger partial charge in [-0.3, -0.25) is 4.79 Å². The maximum atomic E-state index is 11.2. The van der Waals surface area contributed by atoms with Gasteiger partial charge in [-0.1, -0.05) is 6.92 Å². The Bertz CT molecular complexity index is 396. The number of nitrogens with one attached hydrogen (secondary N) is 2. The van der Waals surface area contributed by atoms with Crippen LogP contribution in [0, 0.1) is 0 Å². The lowest BCUT2D eigenvalue weighted by atomic mass is 10.3. The molecule has 0 unspecified atom stereocenters. The van der Waals surface area contributed by atoms with Crippen molar-refractivity contribution in [2.24, 2.45) is 0 Å². The van der Waals surface area contributed by atoms with Gasteiger partial charge in [-0.25, -0.2) is 9.97 Å². The molecule has 0 aliphatic rings. The summed E-state index contributed by atoms with van der Waals surface area (Å²) >= 11 is 0. The minimum absolute atomic E-state index is 0.111. The summed E-state index contributed by atoms with van der Waals surface area (Å²) in [5, 5.41) is 5.91. The molecule has 18 heavy (non-hydrogen) atoms. The van der Waals surface area contributed by atoms with Gasteiger partial charge in [0.05, 0.1) is 6.61 Å². The van der Waals surface area contributed by atoms with Crippen LogP contribution >= 0.6 is 0 Å². The van der Waals surface area contributed by atoms with E-state index in [4.69, 9.17) is 4.74 Å². The number of aryl methyl sites for hydroxylation is 1. The number of nitrogens with zero attached hydrogens (tertiary/aromatic N) is 2. The molecule has 1 heterocycles. The molecule has 6 heteroatoms. The Kier molecular flexibility index (Phi) is 5.90. The van der Waals surface area contributed by atoms with Crippen LogP contribution < -0.4 is 10.6 Å². The van der Waals surface area contributed by atoms with Crippen LogP contribution in [0.3, 0.4) is 0 Å². The van der Waals surface area contributed by atoms with E-state index in [2.05, 4.69) is 27.5 Å². The van der Waals surface area contributed by atoms with Crippen molar-refractivity contribution in [1.29, 1.82) is 0 Å². The van der Waals surface area contributed by atoms with E-state index < -0.39 is 0 Å². The normalized spacial score (nSPS) is 9.94. The molecule has 0 aliphatic carbocycles. The fourth-order valence-electron chi connectivity index (χ4n) is 1.43. The number of hydrogen-bond acceptors (Lipinski definition) is 6. The molecule has 1 aromatic rings. The first-order valence-corrected chi connectivity index (χ1v) is 6.14. The first-order valence-electron chi connectivity index (χ1n) is 6.14. The van der Waals surface area contributed by atoms with Crippen molar-refractivity contribution < 1.29 is 9.53 Å². The van der Waals surface area contributed by atoms with Crippen molar-refractivity contribution in [3.05, 3.63) is 11.9 Å². The molecule has 0 aromatic carbocycles. The van der Waals surface area contributed by atoms with Gasteiger partial charge in [-0.05, 0) is 13.3 Å². The first-order chi connectivity index (χ1) is 8.69.